The molecule has 3 aromatic rings. The summed E-state index contributed by atoms with van der Waals surface area (Å²) in [4.78, 5) is 36.0. The summed E-state index contributed by atoms with van der Waals surface area (Å²) < 4.78 is -0.488. The smallest absolute Gasteiger partial charge is 0.265 e. The third-order valence-electron chi connectivity index (χ3n) is 5.29. The van der Waals surface area contributed by atoms with Gasteiger partial charge in [0.15, 0.2) is 5.82 Å². The number of benzene rings is 1. The highest BCUT2D eigenvalue weighted by Crippen LogP contribution is 2.46. The van der Waals surface area contributed by atoms with Gasteiger partial charge in [-0.1, -0.05) is 57.7 Å². The summed E-state index contributed by atoms with van der Waals surface area (Å²) in [6, 6.07) is 5.75. The number of rotatable bonds is 6. The van der Waals surface area contributed by atoms with Crippen LogP contribution in [0.4, 0.5) is 0 Å². The van der Waals surface area contributed by atoms with Crippen LogP contribution in [0.1, 0.15) is 57.1 Å². The molecule has 0 spiro atoms. The summed E-state index contributed by atoms with van der Waals surface area (Å²) in [5.74, 6) is 0.184. The first-order valence-corrected chi connectivity index (χ1v) is 12.7. The first-order chi connectivity index (χ1) is 16.7. The van der Waals surface area contributed by atoms with Gasteiger partial charge in [0.25, 0.3) is 11.8 Å². The molecular weight excluding hydrogens is 568 g/mol. The molecule has 1 N–H and O–H groups in total. The first kappa shape index (κ1) is 28.2. The number of carbonyl (C=O) groups excluding carboxylic acids is 2. The van der Waals surface area contributed by atoms with Gasteiger partial charge in [-0.15, -0.1) is 5.10 Å². The van der Waals surface area contributed by atoms with E-state index < -0.39 is 21.2 Å². The minimum atomic E-state index is -1.97. The number of halogens is 4. The normalized spacial score (nSPS) is 14.0. The zero-order valence-electron chi connectivity index (χ0n) is 19.8. The number of aryl methyl sites for hydroxylation is 1. The molecule has 0 bridgehead atoms. The van der Waals surface area contributed by atoms with Gasteiger partial charge in [0.05, 0.1) is 18.3 Å². The molecule has 0 fully saturated rings. The number of nitrogens with one attached hydrogen (secondary N) is 1. The Morgan fingerprint density at radius 2 is 1.92 bits per heavy atom. The van der Waals surface area contributed by atoms with Gasteiger partial charge < -0.3 is 10.2 Å². The van der Waals surface area contributed by atoms with E-state index in [0.29, 0.717) is 21.7 Å². The number of nitrogens with zero attached hydrogens (tertiary/aromatic N) is 6. The van der Waals surface area contributed by atoms with Crippen LogP contribution in [0.2, 0.25) is 5.02 Å². The summed E-state index contributed by atoms with van der Waals surface area (Å²) in [6.07, 6.45) is 1.47. The van der Waals surface area contributed by atoms with Crippen LogP contribution in [0.3, 0.4) is 0 Å². The quantitative estimate of drug-likeness (QED) is 0.404. The van der Waals surface area contributed by atoms with Crippen molar-refractivity contribution in [1.82, 2.24) is 30.0 Å². The molecule has 0 aliphatic rings. The molecule has 0 radical (unpaired) electrons. The molecule has 3 rings (SSSR count). The van der Waals surface area contributed by atoms with Gasteiger partial charge in [-0.25, -0.2) is 9.97 Å². The molecule has 14 heteroatoms. The van der Waals surface area contributed by atoms with Crippen molar-refractivity contribution in [1.29, 1.82) is 5.26 Å². The van der Waals surface area contributed by atoms with E-state index in [-0.39, 0.29) is 22.1 Å². The zero-order chi connectivity index (χ0) is 27.0. The predicted molar refractivity (Wildman–Crippen MR) is 140 cm³/mol. The van der Waals surface area contributed by atoms with Gasteiger partial charge in [0.2, 0.25) is 8.92 Å². The summed E-state index contributed by atoms with van der Waals surface area (Å²) in [5.41, 5.74) is -1.13. The van der Waals surface area contributed by atoms with Gasteiger partial charge in [0, 0.05) is 24.7 Å². The van der Waals surface area contributed by atoms with Crippen molar-refractivity contribution in [3.05, 3.63) is 57.1 Å². The average molecular weight is 589 g/mol. The van der Waals surface area contributed by atoms with Crippen molar-refractivity contribution >= 4 is 69.6 Å². The van der Waals surface area contributed by atoms with E-state index in [1.165, 1.54) is 40.9 Å². The summed E-state index contributed by atoms with van der Waals surface area (Å²) in [6.45, 7) is 4.88. The molecule has 2 aromatic heterocycles. The third-order valence-corrected chi connectivity index (χ3v) is 7.61. The fraction of sp³-hybridized carbons (Fsp3) is 0.364. The van der Waals surface area contributed by atoms with Gasteiger partial charge >= 0.3 is 0 Å². The maximum Gasteiger partial charge on any atom is 0.265 e. The zero-order valence-corrected chi connectivity index (χ0v) is 23.6. The van der Waals surface area contributed by atoms with E-state index >= 15 is 0 Å². The van der Waals surface area contributed by atoms with E-state index in [0.717, 1.165) is 11.3 Å². The lowest BCUT2D eigenvalue weighted by Crippen LogP contribution is -2.36. The van der Waals surface area contributed by atoms with Gasteiger partial charge in [-0.05, 0) is 44.5 Å². The van der Waals surface area contributed by atoms with Crippen LogP contribution in [0.15, 0.2) is 24.4 Å². The molecule has 190 valence electrons. The molecule has 2 unspecified atom stereocenters. The summed E-state index contributed by atoms with van der Waals surface area (Å²) in [7, 11) is 3.30. The Hall–Kier alpha value is -2.42. The molecule has 0 aliphatic heterocycles. The Morgan fingerprint density at radius 3 is 2.50 bits per heavy atom. The monoisotopic (exact) mass is 587 g/mol. The standard InChI is InChI=1S/C22H21Cl4N7O2S/c1-11(17-30-12(2)31-33(17)20-28-9-16(36-20)19(35)32(4)5)29-18(34)13-6-14(8-15(23)7-13)21(3,10-27)22(24,25)26/h6-9,11H,1-5H3,(H,29,34). The third kappa shape index (κ3) is 5.61. The Labute approximate surface area is 231 Å². The highest BCUT2D eigenvalue weighted by molar-refractivity contribution is 7.16. The topological polar surface area (TPSA) is 117 Å². The molecule has 2 heterocycles. The second-order valence-electron chi connectivity index (χ2n) is 8.29. The molecule has 0 aliphatic carbocycles. The fourth-order valence-electron chi connectivity index (χ4n) is 3.18. The van der Waals surface area contributed by atoms with E-state index in [1.807, 2.05) is 6.07 Å². The van der Waals surface area contributed by atoms with Gasteiger partial charge in [-0.3, -0.25) is 9.59 Å². The molecule has 9 nitrogen and oxygen atoms in total. The molecule has 2 amide bonds. The minimum Gasteiger partial charge on any atom is -0.344 e. The molecular formula is C22H21Cl4N7O2S. The number of hydrogen-bond donors (Lipinski definition) is 1. The van der Waals surface area contributed by atoms with Crippen LogP contribution in [-0.2, 0) is 5.41 Å². The van der Waals surface area contributed by atoms with E-state index in [2.05, 4.69) is 20.4 Å². The predicted octanol–water partition coefficient (Wildman–Crippen LogP) is 5.03. The first-order valence-electron chi connectivity index (χ1n) is 10.4. The van der Waals surface area contributed by atoms with Crippen LogP contribution in [0.5, 0.6) is 0 Å². The highest BCUT2D eigenvalue weighted by atomic mass is 35.6. The lowest BCUT2D eigenvalue weighted by Gasteiger charge is -2.30. The Balaban J connectivity index is 1.91. The average Bonchev–Trinajstić information content (AvgIpc) is 3.43. The Morgan fingerprint density at radius 1 is 1.25 bits per heavy atom. The van der Waals surface area contributed by atoms with Crippen molar-refractivity contribution in [3.8, 4) is 11.2 Å². The number of amides is 2. The van der Waals surface area contributed by atoms with Crippen molar-refractivity contribution in [3.63, 3.8) is 0 Å². The molecule has 0 saturated carbocycles. The largest absolute Gasteiger partial charge is 0.344 e. The van der Waals surface area contributed by atoms with E-state index in [1.54, 1.807) is 27.9 Å². The second-order valence-corrected chi connectivity index (χ2v) is 12.0. The van der Waals surface area contributed by atoms with Crippen LogP contribution in [0, 0.1) is 18.3 Å². The van der Waals surface area contributed by atoms with Gasteiger partial charge in [-0.2, -0.15) is 9.94 Å². The molecule has 36 heavy (non-hydrogen) atoms. The van der Waals surface area contributed by atoms with Crippen molar-refractivity contribution in [2.24, 2.45) is 0 Å². The minimum absolute atomic E-state index is 0.163. The second kappa shape index (κ2) is 10.5. The maximum absolute atomic E-state index is 13.1. The lowest BCUT2D eigenvalue weighted by atomic mass is 9.84. The van der Waals surface area contributed by atoms with Gasteiger partial charge in [0.1, 0.15) is 16.1 Å². The SMILES string of the molecule is Cc1nc(C(C)NC(=O)c2cc(Cl)cc(C(C)(C#N)C(Cl)(Cl)Cl)c2)n(-c2ncc(C(=O)N(C)C)s2)n1. The fourth-order valence-corrected chi connectivity index (χ4v) is 4.77. The number of nitriles is 1. The van der Waals surface area contributed by atoms with Crippen LogP contribution < -0.4 is 5.32 Å². The number of hydrogen-bond acceptors (Lipinski definition) is 7. The van der Waals surface area contributed by atoms with Crippen LogP contribution >= 0.6 is 57.7 Å². The Kier molecular flexibility index (Phi) is 8.23. The molecule has 1 aromatic carbocycles. The lowest BCUT2D eigenvalue weighted by molar-refractivity contribution is 0.0831. The van der Waals surface area contributed by atoms with Crippen molar-refractivity contribution in [2.45, 2.75) is 36.0 Å². The van der Waals surface area contributed by atoms with E-state index in [4.69, 9.17) is 46.4 Å². The number of carbonyl (C=O) groups is 2. The summed E-state index contributed by atoms with van der Waals surface area (Å²) in [5, 5.41) is 17.5. The molecule has 2 atom stereocenters. The van der Waals surface area contributed by atoms with E-state index in [9.17, 15) is 14.9 Å². The number of alkyl halides is 3. The number of thiazole rings is 1. The number of aromatic nitrogens is 4. The van der Waals surface area contributed by atoms with Crippen molar-refractivity contribution < 1.29 is 9.59 Å². The van der Waals surface area contributed by atoms with Crippen LogP contribution in [0.25, 0.3) is 5.13 Å². The Bertz CT molecular complexity index is 1360. The molecule has 0 saturated heterocycles. The highest BCUT2D eigenvalue weighted by Gasteiger charge is 2.47. The maximum atomic E-state index is 13.1. The summed E-state index contributed by atoms with van der Waals surface area (Å²) >= 11 is 25.6. The van der Waals surface area contributed by atoms with Crippen LogP contribution in [-0.4, -0.2) is 54.4 Å². The van der Waals surface area contributed by atoms with Crippen molar-refractivity contribution in [2.75, 3.05) is 14.1 Å².